The summed E-state index contributed by atoms with van der Waals surface area (Å²) < 4.78 is 31.9. The van der Waals surface area contributed by atoms with Crippen LogP contribution in [0.3, 0.4) is 0 Å². The second-order valence-electron chi connectivity index (χ2n) is 6.50. The summed E-state index contributed by atoms with van der Waals surface area (Å²) in [5, 5.41) is -0.363. The van der Waals surface area contributed by atoms with Gasteiger partial charge in [-0.15, -0.1) is 0 Å². The van der Waals surface area contributed by atoms with Crippen LogP contribution in [0.5, 0.6) is 0 Å². The molecule has 0 aliphatic rings. The van der Waals surface area contributed by atoms with Gasteiger partial charge in [-0.25, -0.2) is 0 Å². The zero-order valence-electron chi connectivity index (χ0n) is 17.4. The molecule has 0 radical (unpaired) electrons. The Morgan fingerprint density at radius 1 is 0.833 bits per heavy atom. The molecular weight excluding hydrogens is 443 g/mol. The van der Waals surface area contributed by atoms with E-state index in [1.165, 1.54) is 0 Å². The van der Waals surface area contributed by atoms with Crippen molar-refractivity contribution in [3.05, 3.63) is 38.0 Å². The zero-order chi connectivity index (χ0) is 23.4. The summed E-state index contributed by atoms with van der Waals surface area (Å²) in [5.74, 6) is -3.44. The molecule has 0 aliphatic carbocycles. The molecule has 0 rings (SSSR count). The van der Waals surface area contributed by atoms with Crippen LogP contribution in [-0.2, 0) is 55.6 Å². The first kappa shape index (κ1) is 27.4. The molecule has 0 saturated heterocycles. The van der Waals surface area contributed by atoms with Crippen molar-refractivity contribution in [1.29, 1.82) is 0 Å². The van der Waals surface area contributed by atoms with E-state index < -0.39 is 67.2 Å². The van der Waals surface area contributed by atoms with Crippen LogP contribution in [-0.4, -0.2) is 49.3 Å². The molecule has 0 spiro atoms. The zero-order valence-corrected chi connectivity index (χ0v) is 18.4. The summed E-state index contributed by atoms with van der Waals surface area (Å²) >= 11 is -1.89. The Balaban J connectivity index is 5.51. The second-order valence-corrected chi connectivity index (χ2v) is 9.16. The fourth-order valence-electron chi connectivity index (χ4n) is 1.62. The number of ether oxygens (including phenoxy) is 4. The Labute approximate surface area is 180 Å². The van der Waals surface area contributed by atoms with Crippen molar-refractivity contribution in [1.82, 2.24) is 0 Å². The molecule has 0 amide bonds. The van der Waals surface area contributed by atoms with Crippen molar-refractivity contribution in [2.24, 2.45) is 0 Å². The van der Waals surface area contributed by atoms with Crippen molar-refractivity contribution >= 4 is 23.9 Å². The summed E-state index contributed by atoms with van der Waals surface area (Å²) in [6.07, 6.45) is 3.17. The number of hydrogen-bond donors (Lipinski definition) is 0. The van der Waals surface area contributed by atoms with Crippen LogP contribution in [0.4, 0.5) is 0 Å². The molecular formula is C20H28CoO9. The van der Waals surface area contributed by atoms with Crippen LogP contribution in [0.2, 0.25) is 9.70 Å². The summed E-state index contributed by atoms with van der Waals surface area (Å²) in [5.41, 5.74) is -1.86. The first-order valence-electron chi connectivity index (χ1n) is 8.81. The van der Waals surface area contributed by atoms with Gasteiger partial charge >= 0.3 is 180 Å². The van der Waals surface area contributed by atoms with E-state index >= 15 is 0 Å². The molecule has 0 aromatic carbocycles. The minimum atomic E-state index is -1.89. The number of hydrogen-bond acceptors (Lipinski definition) is 9. The van der Waals surface area contributed by atoms with Crippen LogP contribution in [0.15, 0.2) is 38.0 Å². The van der Waals surface area contributed by atoms with E-state index in [-0.39, 0.29) is 5.36 Å². The van der Waals surface area contributed by atoms with Crippen molar-refractivity contribution in [3.8, 4) is 0 Å². The topological polar surface area (TPSA) is 122 Å². The summed E-state index contributed by atoms with van der Waals surface area (Å²) in [7, 11) is 0. The van der Waals surface area contributed by atoms with Gasteiger partial charge in [0.05, 0.1) is 0 Å². The fraction of sp³-hybridized carbons (Fsp3) is 0.500. The molecule has 0 N–H and O–H groups in total. The van der Waals surface area contributed by atoms with Crippen molar-refractivity contribution in [3.63, 3.8) is 0 Å². The predicted octanol–water partition coefficient (Wildman–Crippen LogP) is 2.45. The van der Waals surface area contributed by atoms with E-state index in [2.05, 4.69) is 19.7 Å². The van der Waals surface area contributed by atoms with E-state index in [9.17, 15) is 23.0 Å². The van der Waals surface area contributed by atoms with E-state index in [0.29, 0.717) is 6.42 Å². The summed E-state index contributed by atoms with van der Waals surface area (Å²) in [4.78, 5) is 46.9. The Morgan fingerprint density at radius 2 is 1.27 bits per heavy atom. The minimum absolute atomic E-state index is 0.363. The van der Waals surface area contributed by atoms with Gasteiger partial charge in [0.1, 0.15) is 0 Å². The molecule has 0 aromatic rings. The molecule has 9 nitrogen and oxygen atoms in total. The van der Waals surface area contributed by atoms with Gasteiger partial charge in [-0.2, -0.15) is 0 Å². The Bertz CT molecular complexity index is 685. The number of rotatable bonds is 14. The van der Waals surface area contributed by atoms with Crippen LogP contribution in [0, 0.1) is 0 Å². The maximum atomic E-state index is 12.3. The SMILES string of the molecule is C=CC(=O)OCC(COC(=O)C=C)(COC(=O)[CH2][Co](=[O])[C](C)(C)CC)OC(=O)C=C. The number of carbonyl (C=O) groups excluding carboxylic acids is 4. The van der Waals surface area contributed by atoms with Crippen molar-refractivity contribution < 1.29 is 55.6 Å². The molecule has 0 heterocycles. The standard InChI is InChI=1S/C15H17O8.C5H11.Co.O/c1-5-12(17)21-9-15(8-20-11(4)16,23-14(19)7-3)10-22-13(18)6-2;1-4-5(2)3;;/h5-7H,1-4,8-10H2;4H2,1-3H3;;. The van der Waals surface area contributed by atoms with Gasteiger partial charge in [0, 0.05) is 0 Å². The third kappa shape index (κ3) is 9.75. The molecule has 171 valence electrons. The second kappa shape index (κ2) is 12.9. The monoisotopic (exact) mass is 471 g/mol. The molecule has 0 aliphatic heterocycles. The Morgan fingerprint density at radius 3 is 1.67 bits per heavy atom. The van der Waals surface area contributed by atoms with Gasteiger partial charge in [0.25, 0.3) is 0 Å². The summed E-state index contributed by atoms with van der Waals surface area (Å²) in [6, 6.07) is 0. The molecule has 30 heavy (non-hydrogen) atoms. The van der Waals surface area contributed by atoms with E-state index in [1.807, 2.05) is 6.92 Å². The molecule has 0 bridgehead atoms. The molecule has 0 fully saturated rings. The first-order valence-corrected chi connectivity index (χ1v) is 10.5. The third-order valence-electron chi connectivity index (χ3n) is 3.80. The normalized spacial score (nSPS) is 11.5. The Kier molecular flexibility index (Phi) is 11.7. The van der Waals surface area contributed by atoms with Crippen LogP contribution in [0.25, 0.3) is 0 Å². The molecule has 0 saturated carbocycles. The van der Waals surface area contributed by atoms with Crippen LogP contribution in [0.1, 0.15) is 27.2 Å². The predicted molar refractivity (Wildman–Crippen MR) is 102 cm³/mol. The third-order valence-corrected chi connectivity index (χ3v) is 6.37. The van der Waals surface area contributed by atoms with Gasteiger partial charge in [-0.05, 0) is 0 Å². The fourth-order valence-corrected chi connectivity index (χ4v) is 2.90. The molecule has 10 heteroatoms. The van der Waals surface area contributed by atoms with Crippen LogP contribution < -0.4 is 0 Å². The average Bonchev–Trinajstić information content (AvgIpc) is 2.73. The molecule has 0 aromatic heterocycles. The van der Waals surface area contributed by atoms with Gasteiger partial charge in [0.15, 0.2) is 0 Å². The average molecular weight is 471 g/mol. The van der Waals surface area contributed by atoms with Crippen molar-refractivity contribution in [2.75, 3.05) is 19.8 Å². The summed E-state index contributed by atoms with van der Waals surface area (Å²) in [6.45, 7) is 13.3. The van der Waals surface area contributed by atoms with Gasteiger partial charge < -0.3 is 0 Å². The van der Waals surface area contributed by atoms with Gasteiger partial charge in [-0.3, -0.25) is 0 Å². The quantitative estimate of drug-likeness (QED) is 0.214. The maximum absolute atomic E-state index is 12.3. The van der Waals surface area contributed by atoms with Gasteiger partial charge in [0.2, 0.25) is 0 Å². The van der Waals surface area contributed by atoms with Crippen molar-refractivity contribution in [2.45, 2.75) is 42.5 Å². The van der Waals surface area contributed by atoms with E-state index in [4.69, 9.17) is 18.9 Å². The van der Waals surface area contributed by atoms with E-state index in [0.717, 1.165) is 18.2 Å². The first-order chi connectivity index (χ1) is 13.9. The Hall–Kier alpha value is -2.59. The molecule has 0 unspecified atom stereocenters. The van der Waals surface area contributed by atoms with Crippen LogP contribution >= 0.6 is 0 Å². The van der Waals surface area contributed by atoms with Gasteiger partial charge in [-0.1, -0.05) is 0 Å². The number of carbonyl (C=O) groups is 4. The van der Waals surface area contributed by atoms with E-state index in [1.54, 1.807) is 13.8 Å². The molecule has 0 atom stereocenters. The number of esters is 4.